The Bertz CT molecular complexity index is 807. The minimum Gasteiger partial charge on any atom is -0.496 e. The number of aromatic nitrogens is 1. The lowest BCUT2D eigenvalue weighted by Crippen LogP contribution is -2.10. The average Bonchev–Trinajstić information content (AvgIpc) is 2.84. The van der Waals surface area contributed by atoms with E-state index >= 15 is 0 Å². The molecule has 0 saturated carbocycles. The zero-order valence-corrected chi connectivity index (χ0v) is 13.1. The van der Waals surface area contributed by atoms with E-state index in [0.717, 1.165) is 15.4 Å². The third-order valence-corrected chi connectivity index (χ3v) is 4.09. The Balaban J connectivity index is 1.97. The number of carbonyl (C=O) groups is 1. The fourth-order valence-electron chi connectivity index (χ4n) is 2.45. The van der Waals surface area contributed by atoms with Gasteiger partial charge < -0.3 is 9.30 Å². The average molecular weight is 344 g/mol. The molecule has 0 radical (unpaired) electrons. The number of fused-ring (bicyclic) bond motifs is 1. The van der Waals surface area contributed by atoms with Crippen LogP contribution >= 0.6 is 15.9 Å². The van der Waals surface area contributed by atoms with Crippen molar-refractivity contribution in [2.45, 2.75) is 6.54 Å². The van der Waals surface area contributed by atoms with Gasteiger partial charge in [-0.15, -0.1) is 0 Å². The molecule has 1 heterocycles. The summed E-state index contributed by atoms with van der Waals surface area (Å²) in [4.78, 5) is 12.5. The van der Waals surface area contributed by atoms with Crippen LogP contribution in [0.15, 0.2) is 59.2 Å². The third-order valence-electron chi connectivity index (χ3n) is 3.46. The minimum absolute atomic E-state index is 0.0284. The highest BCUT2D eigenvalue weighted by atomic mass is 79.9. The van der Waals surface area contributed by atoms with Crippen LogP contribution in [-0.2, 0) is 6.54 Å². The Morgan fingerprint density at radius 2 is 1.86 bits per heavy atom. The summed E-state index contributed by atoms with van der Waals surface area (Å²) in [6, 6.07) is 15.3. The molecule has 106 valence electrons. The summed E-state index contributed by atoms with van der Waals surface area (Å²) in [5.41, 5.74) is 1.64. The number of Topliss-reactive ketones (excluding diaryl/α,β-unsaturated/α-hetero) is 1. The summed E-state index contributed by atoms with van der Waals surface area (Å²) in [6.45, 7) is 0.284. The van der Waals surface area contributed by atoms with Crippen LogP contribution in [0.25, 0.3) is 10.9 Å². The summed E-state index contributed by atoms with van der Waals surface area (Å²) in [5.74, 6) is 0.638. The van der Waals surface area contributed by atoms with Crippen LogP contribution in [-0.4, -0.2) is 17.5 Å². The second-order valence-corrected chi connectivity index (χ2v) is 5.60. The zero-order valence-electron chi connectivity index (χ0n) is 11.5. The first-order valence-electron chi connectivity index (χ1n) is 6.60. The summed E-state index contributed by atoms with van der Waals surface area (Å²) in [6.07, 6.45) is 1.94. The molecular formula is C17H14BrNO2. The maximum Gasteiger partial charge on any atom is 0.186 e. The third kappa shape index (κ3) is 2.59. The highest BCUT2D eigenvalue weighted by molar-refractivity contribution is 9.10. The molecule has 0 aliphatic carbocycles. The van der Waals surface area contributed by atoms with Gasteiger partial charge in [-0.2, -0.15) is 0 Å². The molecule has 0 spiro atoms. The molecule has 21 heavy (non-hydrogen) atoms. The van der Waals surface area contributed by atoms with Crippen LogP contribution in [0.4, 0.5) is 0 Å². The first kappa shape index (κ1) is 13.9. The van der Waals surface area contributed by atoms with Crippen molar-refractivity contribution in [3.05, 3.63) is 64.8 Å². The standard InChI is InChI=1S/C17H14BrNO2/c1-21-17-9-5-3-7-13(17)16(20)11-19-10-14(18)12-6-2-4-8-15(12)19/h2-10H,11H2,1H3. The van der Waals surface area contributed by atoms with Crippen molar-refractivity contribution in [2.75, 3.05) is 7.11 Å². The highest BCUT2D eigenvalue weighted by Gasteiger charge is 2.14. The zero-order chi connectivity index (χ0) is 14.8. The van der Waals surface area contributed by atoms with Crippen LogP contribution in [0.1, 0.15) is 10.4 Å². The first-order valence-corrected chi connectivity index (χ1v) is 7.39. The Kier molecular flexibility index (Phi) is 3.80. The number of para-hydroxylation sites is 2. The SMILES string of the molecule is COc1ccccc1C(=O)Cn1cc(Br)c2ccccc21. The molecule has 0 fully saturated rings. The molecule has 4 heteroatoms. The topological polar surface area (TPSA) is 31.2 Å². The number of methoxy groups -OCH3 is 1. The van der Waals surface area contributed by atoms with Gasteiger partial charge in [-0.3, -0.25) is 4.79 Å². The van der Waals surface area contributed by atoms with Crippen LogP contribution < -0.4 is 4.74 Å². The van der Waals surface area contributed by atoms with E-state index in [0.29, 0.717) is 11.3 Å². The lowest BCUT2D eigenvalue weighted by atomic mass is 10.1. The Hall–Kier alpha value is -2.07. The lowest BCUT2D eigenvalue weighted by Gasteiger charge is -2.08. The Morgan fingerprint density at radius 3 is 2.67 bits per heavy atom. The predicted molar refractivity (Wildman–Crippen MR) is 87.0 cm³/mol. The second-order valence-electron chi connectivity index (χ2n) is 4.75. The van der Waals surface area contributed by atoms with Crippen molar-refractivity contribution in [1.29, 1.82) is 0 Å². The molecule has 0 amide bonds. The second kappa shape index (κ2) is 5.74. The molecule has 0 bridgehead atoms. The van der Waals surface area contributed by atoms with Gasteiger partial charge in [0.1, 0.15) is 5.75 Å². The van der Waals surface area contributed by atoms with Gasteiger partial charge in [-0.05, 0) is 34.1 Å². The predicted octanol–water partition coefficient (Wildman–Crippen LogP) is 4.30. The maximum atomic E-state index is 12.5. The minimum atomic E-state index is 0.0284. The molecule has 0 aliphatic rings. The van der Waals surface area contributed by atoms with Gasteiger partial charge in [0.2, 0.25) is 0 Å². The molecule has 0 saturated heterocycles. The molecule has 0 unspecified atom stereocenters. The number of rotatable bonds is 4. The van der Waals surface area contributed by atoms with E-state index in [2.05, 4.69) is 15.9 Å². The largest absolute Gasteiger partial charge is 0.496 e. The van der Waals surface area contributed by atoms with Crippen molar-refractivity contribution in [1.82, 2.24) is 4.57 Å². The van der Waals surface area contributed by atoms with Crippen LogP contribution in [0, 0.1) is 0 Å². The smallest absolute Gasteiger partial charge is 0.186 e. The van der Waals surface area contributed by atoms with Gasteiger partial charge >= 0.3 is 0 Å². The fraction of sp³-hybridized carbons (Fsp3) is 0.118. The van der Waals surface area contributed by atoms with Crippen LogP contribution in [0.5, 0.6) is 5.75 Å². The summed E-state index contributed by atoms with van der Waals surface area (Å²) in [5, 5.41) is 1.10. The number of ether oxygens (including phenoxy) is 1. The fourth-order valence-corrected chi connectivity index (χ4v) is 3.03. The van der Waals surface area contributed by atoms with E-state index < -0.39 is 0 Å². The molecular weight excluding hydrogens is 330 g/mol. The summed E-state index contributed by atoms with van der Waals surface area (Å²) in [7, 11) is 1.58. The van der Waals surface area contributed by atoms with E-state index in [9.17, 15) is 4.79 Å². The Morgan fingerprint density at radius 1 is 1.14 bits per heavy atom. The first-order chi connectivity index (χ1) is 10.2. The number of hydrogen-bond donors (Lipinski definition) is 0. The van der Waals surface area contributed by atoms with Gasteiger partial charge in [0.05, 0.1) is 19.2 Å². The van der Waals surface area contributed by atoms with E-state index in [1.165, 1.54) is 0 Å². The maximum absolute atomic E-state index is 12.5. The molecule has 3 aromatic rings. The van der Waals surface area contributed by atoms with E-state index in [-0.39, 0.29) is 12.3 Å². The molecule has 0 aliphatic heterocycles. The number of ketones is 1. The van der Waals surface area contributed by atoms with E-state index in [1.807, 2.05) is 47.2 Å². The van der Waals surface area contributed by atoms with E-state index in [4.69, 9.17) is 4.74 Å². The normalized spacial score (nSPS) is 10.8. The van der Waals surface area contributed by atoms with Crippen molar-refractivity contribution < 1.29 is 9.53 Å². The quantitative estimate of drug-likeness (QED) is 0.661. The van der Waals surface area contributed by atoms with Crippen molar-refractivity contribution in [3.63, 3.8) is 0 Å². The van der Waals surface area contributed by atoms with Crippen molar-refractivity contribution >= 4 is 32.6 Å². The summed E-state index contributed by atoms with van der Waals surface area (Å²) < 4.78 is 8.20. The van der Waals surface area contributed by atoms with Crippen LogP contribution in [0.2, 0.25) is 0 Å². The monoisotopic (exact) mass is 343 g/mol. The number of halogens is 1. The van der Waals surface area contributed by atoms with Crippen molar-refractivity contribution in [3.8, 4) is 5.75 Å². The van der Waals surface area contributed by atoms with Gasteiger partial charge in [0.15, 0.2) is 5.78 Å². The van der Waals surface area contributed by atoms with E-state index in [1.54, 1.807) is 19.2 Å². The Labute approximate surface area is 131 Å². The molecule has 3 rings (SSSR count). The molecule has 0 N–H and O–H groups in total. The van der Waals surface area contributed by atoms with Gasteiger partial charge in [0, 0.05) is 21.6 Å². The van der Waals surface area contributed by atoms with Gasteiger partial charge in [-0.1, -0.05) is 30.3 Å². The summed E-state index contributed by atoms with van der Waals surface area (Å²) >= 11 is 3.54. The number of nitrogens with zero attached hydrogens (tertiary/aromatic N) is 1. The molecule has 2 aromatic carbocycles. The lowest BCUT2D eigenvalue weighted by molar-refractivity contribution is 0.0970. The van der Waals surface area contributed by atoms with Crippen molar-refractivity contribution in [2.24, 2.45) is 0 Å². The van der Waals surface area contributed by atoms with Gasteiger partial charge in [-0.25, -0.2) is 0 Å². The highest BCUT2D eigenvalue weighted by Crippen LogP contribution is 2.27. The molecule has 3 nitrogen and oxygen atoms in total. The van der Waals surface area contributed by atoms with Gasteiger partial charge in [0.25, 0.3) is 0 Å². The molecule has 1 aromatic heterocycles. The number of benzene rings is 2. The number of carbonyl (C=O) groups excluding carboxylic acids is 1. The number of hydrogen-bond acceptors (Lipinski definition) is 2. The molecule has 0 atom stereocenters. The van der Waals surface area contributed by atoms with Crippen LogP contribution in [0.3, 0.4) is 0 Å².